The lowest BCUT2D eigenvalue weighted by atomic mass is 10.1. The third-order valence-electron chi connectivity index (χ3n) is 4.87. The van der Waals surface area contributed by atoms with Gasteiger partial charge in [-0.1, -0.05) is 47.5 Å². The summed E-state index contributed by atoms with van der Waals surface area (Å²) < 4.78 is 5.60. The number of nitrogens with one attached hydrogen (secondary N) is 2. The molecule has 0 unspecified atom stereocenters. The van der Waals surface area contributed by atoms with E-state index in [9.17, 15) is 14.9 Å². The Hall–Kier alpha value is -4.37. The fourth-order valence-corrected chi connectivity index (χ4v) is 3.13. The van der Waals surface area contributed by atoms with Gasteiger partial charge in [0.05, 0.1) is 0 Å². The molecule has 0 saturated carbocycles. The number of anilines is 2. The van der Waals surface area contributed by atoms with Crippen molar-refractivity contribution in [2.45, 2.75) is 20.8 Å². The monoisotopic (exact) mass is 439 g/mol. The molecule has 0 aliphatic carbocycles. The SMILES string of the molecule is Cc1ccc(NC(=O)/C(C#N)=C\c2cccc(OCC(=O)Nc3ccc(C)cc3C)c2)cc1. The van der Waals surface area contributed by atoms with Gasteiger partial charge >= 0.3 is 0 Å². The van der Waals surface area contributed by atoms with Gasteiger partial charge in [-0.05, 0) is 68.3 Å². The number of ether oxygens (including phenoxy) is 1. The number of nitrogens with zero attached hydrogens (tertiary/aromatic N) is 1. The molecule has 0 bridgehead atoms. The highest BCUT2D eigenvalue weighted by Gasteiger charge is 2.10. The van der Waals surface area contributed by atoms with Crippen LogP contribution in [0.2, 0.25) is 0 Å². The quantitative estimate of drug-likeness (QED) is 0.392. The van der Waals surface area contributed by atoms with Crippen molar-refractivity contribution in [2.75, 3.05) is 17.2 Å². The molecular weight excluding hydrogens is 414 g/mol. The van der Waals surface area contributed by atoms with E-state index in [0.29, 0.717) is 17.0 Å². The maximum absolute atomic E-state index is 12.5. The molecule has 0 aromatic heterocycles. The second-order valence-corrected chi connectivity index (χ2v) is 7.72. The third-order valence-corrected chi connectivity index (χ3v) is 4.87. The fourth-order valence-electron chi connectivity index (χ4n) is 3.13. The third kappa shape index (κ3) is 6.81. The molecule has 0 fully saturated rings. The minimum absolute atomic E-state index is 0.0414. The number of benzene rings is 3. The number of rotatable bonds is 7. The van der Waals surface area contributed by atoms with Crippen LogP contribution in [0.1, 0.15) is 22.3 Å². The van der Waals surface area contributed by atoms with Crippen molar-refractivity contribution in [3.05, 3.63) is 94.6 Å². The maximum Gasteiger partial charge on any atom is 0.266 e. The lowest BCUT2D eigenvalue weighted by molar-refractivity contribution is -0.118. The molecule has 6 nitrogen and oxygen atoms in total. The largest absolute Gasteiger partial charge is 0.484 e. The minimum atomic E-state index is -0.500. The Labute approximate surface area is 193 Å². The number of aryl methyl sites for hydroxylation is 3. The lowest BCUT2D eigenvalue weighted by Crippen LogP contribution is -2.20. The number of hydrogen-bond donors (Lipinski definition) is 2. The van der Waals surface area contributed by atoms with E-state index in [1.807, 2.05) is 57.2 Å². The first-order valence-electron chi connectivity index (χ1n) is 10.4. The normalized spacial score (nSPS) is 10.8. The van der Waals surface area contributed by atoms with Crippen molar-refractivity contribution in [2.24, 2.45) is 0 Å². The Kier molecular flexibility index (Phi) is 7.61. The van der Waals surface area contributed by atoms with Gasteiger partial charge in [-0.15, -0.1) is 0 Å². The summed E-state index contributed by atoms with van der Waals surface area (Å²) in [5.74, 6) is -0.325. The zero-order valence-electron chi connectivity index (χ0n) is 18.8. The smallest absolute Gasteiger partial charge is 0.266 e. The number of hydrogen-bond acceptors (Lipinski definition) is 4. The van der Waals surface area contributed by atoms with Crippen molar-refractivity contribution >= 4 is 29.3 Å². The molecule has 0 aliphatic heterocycles. The molecule has 2 amide bonds. The average Bonchev–Trinajstić information content (AvgIpc) is 2.79. The summed E-state index contributed by atoms with van der Waals surface area (Å²) in [6.07, 6.45) is 1.48. The summed E-state index contributed by atoms with van der Waals surface area (Å²) in [5, 5.41) is 15.0. The van der Waals surface area contributed by atoms with Crippen molar-refractivity contribution in [1.82, 2.24) is 0 Å². The van der Waals surface area contributed by atoms with E-state index in [-0.39, 0.29) is 18.1 Å². The topological polar surface area (TPSA) is 91.2 Å². The molecule has 0 saturated heterocycles. The first-order valence-corrected chi connectivity index (χ1v) is 10.4. The highest BCUT2D eigenvalue weighted by Crippen LogP contribution is 2.18. The highest BCUT2D eigenvalue weighted by atomic mass is 16.5. The predicted octanol–water partition coefficient (Wildman–Crippen LogP) is 5.18. The molecule has 2 N–H and O–H groups in total. The van der Waals surface area contributed by atoms with Crippen LogP contribution in [-0.4, -0.2) is 18.4 Å². The van der Waals surface area contributed by atoms with E-state index >= 15 is 0 Å². The van der Waals surface area contributed by atoms with Crippen LogP contribution in [0.25, 0.3) is 6.08 Å². The van der Waals surface area contributed by atoms with E-state index in [4.69, 9.17) is 4.74 Å². The van der Waals surface area contributed by atoms with Crippen LogP contribution in [-0.2, 0) is 9.59 Å². The molecule has 6 heteroatoms. The first-order chi connectivity index (χ1) is 15.8. The second-order valence-electron chi connectivity index (χ2n) is 7.72. The summed E-state index contributed by atoms with van der Waals surface area (Å²) in [5.41, 5.74) is 5.09. The van der Waals surface area contributed by atoms with Crippen molar-refractivity contribution in [3.8, 4) is 11.8 Å². The van der Waals surface area contributed by atoms with Crippen molar-refractivity contribution in [1.29, 1.82) is 5.26 Å². The average molecular weight is 440 g/mol. The standard InChI is InChI=1S/C27H25N3O3/c1-18-7-10-23(11-8-18)29-27(32)22(16-28)14-21-5-4-6-24(15-21)33-17-26(31)30-25-12-9-19(2)13-20(25)3/h4-15H,17H2,1-3H3,(H,29,32)(H,30,31)/b22-14-. The molecule has 166 valence electrons. The van der Waals surface area contributed by atoms with Gasteiger partial charge in [0.2, 0.25) is 0 Å². The summed E-state index contributed by atoms with van der Waals surface area (Å²) in [7, 11) is 0. The highest BCUT2D eigenvalue weighted by molar-refractivity contribution is 6.09. The molecule has 3 aromatic rings. The van der Waals surface area contributed by atoms with Gasteiger partial charge in [0.25, 0.3) is 11.8 Å². The van der Waals surface area contributed by atoms with E-state index in [1.54, 1.807) is 36.4 Å². The first kappa shape index (κ1) is 23.3. The number of amides is 2. The lowest BCUT2D eigenvalue weighted by Gasteiger charge is -2.10. The summed E-state index contributed by atoms with van der Waals surface area (Å²) >= 11 is 0. The van der Waals surface area contributed by atoms with Gasteiger partial charge < -0.3 is 15.4 Å². The van der Waals surface area contributed by atoms with Crippen LogP contribution in [0.4, 0.5) is 11.4 Å². The van der Waals surface area contributed by atoms with Crippen molar-refractivity contribution < 1.29 is 14.3 Å². The van der Waals surface area contributed by atoms with Gasteiger partial charge in [0, 0.05) is 11.4 Å². The van der Waals surface area contributed by atoms with Gasteiger partial charge in [0.15, 0.2) is 6.61 Å². The van der Waals surface area contributed by atoms with Crippen molar-refractivity contribution in [3.63, 3.8) is 0 Å². The van der Waals surface area contributed by atoms with Crippen LogP contribution in [0.5, 0.6) is 5.75 Å². The zero-order chi connectivity index (χ0) is 23.8. The predicted molar refractivity (Wildman–Crippen MR) is 130 cm³/mol. The Bertz CT molecular complexity index is 1240. The van der Waals surface area contributed by atoms with Gasteiger partial charge in [-0.25, -0.2) is 0 Å². The molecule has 0 aliphatic rings. The van der Waals surface area contributed by atoms with Gasteiger partial charge in [0.1, 0.15) is 17.4 Å². The number of carbonyl (C=O) groups excluding carboxylic acids is 2. The molecule has 33 heavy (non-hydrogen) atoms. The minimum Gasteiger partial charge on any atom is -0.484 e. The summed E-state index contributed by atoms with van der Waals surface area (Å²) in [4.78, 5) is 24.7. The van der Waals surface area contributed by atoms with Crippen LogP contribution >= 0.6 is 0 Å². The van der Waals surface area contributed by atoms with Crippen LogP contribution in [0.15, 0.2) is 72.3 Å². The second kappa shape index (κ2) is 10.8. The fraction of sp³-hybridized carbons (Fsp3) is 0.148. The Balaban J connectivity index is 1.63. The van der Waals surface area contributed by atoms with E-state index < -0.39 is 5.91 Å². The number of nitriles is 1. The molecule has 0 heterocycles. The molecule has 3 rings (SSSR count). The van der Waals surface area contributed by atoms with E-state index in [1.165, 1.54) is 6.08 Å². The van der Waals surface area contributed by atoms with Gasteiger partial charge in [-0.2, -0.15) is 5.26 Å². The maximum atomic E-state index is 12.5. The Morgan fingerprint density at radius 3 is 2.36 bits per heavy atom. The van der Waals surface area contributed by atoms with Crippen LogP contribution in [0.3, 0.4) is 0 Å². The van der Waals surface area contributed by atoms with Crippen LogP contribution < -0.4 is 15.4 Å². The molecule has 0 radical (unpaired) electrons. The Morgan fingerprint density at radius 1 is 0.939 bits per heavy atom. The zero-order valence-corrected chi connectivity index (χ0v) is 18.8. The summed E-state index contributed by atoms with van der Waals surface area (Å²) in [6, 6.07) is 21.9. The van der Waals surface area contributed by atoms with E-state index in [0.717, 1.165) is 22.4 Å². The molecule has 0 spiro atoms. The van der Waals surface area contributed by atoms with E-state index in [2.05, 4.69) is 10.6 Å². The molecular formula is C27H25N3O3. The van der Waals surface area contributed by atoms with Gasteiger partial charge in [-0.3, -0.25) is 9.59 Å². The molecule has 3 aromatic carbocycles. The summed E-state index contributed by atoms with van der Waals surface area (Å²) in [6.45, 7) is 5.71. The van der Waals surface area contributed by atoms with Crippen LogP contribution in [0, 0.1) is 32.1 Å². The number of carbonyl (C=O) groups is 2. The molecule has 0 atom stereocenters. The Morgan fingerprint density at radius 2 is 1.67 bits per heavy atom.